The summed E-state index contributed by atoms with van der Waals surface area (Å²) in [5, 5.41) is 10.5. The Kier molecular flexibility index (Phi) is 3.95. The summed E-state index contributed by atoms with van der Waals surface area (Å²) >= 11 is 0. The largest absolute Gasteiger partial charge is 0.373 e. The van der Waals surface area contributed by atoms with Crippen molar-refractivity contribution >= 4 is 11.7 Å². The zero-order valence-corrected chi connectivity index (χ0v) is 12.7. The summed E-state index contributed by atoms with van der Waals surface area (Å²) in [5.41, 5.74) is 1.44. The number of carbonyl (C=O) groups excluding carboxylic acids is 1. The molecule has 1 aliphatic heterocycles. The van der Waals surface area contributed by atoms with Crippen LogP contribution in [0.3, 0.4) is 0 Å². The summed E-state index contributed by atoms with van der Waals surface area (Å²) in [7, 11) is 1.83. The number of hydrogen-bond acceptors (Lipinski definition) is 6. The van der Waals surface area contributed by atoms with E-state index in [1.54, 1.807) is 6.07 Å². The molecule has 0 aromatic carbocycles. The van der Waals surface area contributed by atoms with Crippen molar-refractivity contribution in [2.24, 2.45) is 0 Å². The van der Waals surface area contributed by atoms with Crippen LogP contribution in [-0.2, 0) is 0 Å². The maximum Gasteiger partial charge on any atom is 0.256 e. The highest BCUT2D eigenvalue weighted by molar-refractivity contribution is 5.94. The molecule has 1 fully saturated rings. The van der Waals surface area contributed by atoms with E-state index in [4.69, 9.17) is 0 Å². The Labute approximate surface area is 128 Å². The lowest BCUT2D eigenvalue weighted by molar-refractivity contribution is 0.0732. The van der Waals surface area contributed by atoms with Crippen molar-refractivity contribution in [3.8, 4) is 0 Å². The number of anilines is 1. The third kappa shape index (κ3) is 2.74. The summed E-state index contributed by atoms with van der Waals surface area (Å²) in [5.74, 6) is 1.44. The monoisotopic (exact) mass is 298 g/mol. The predicted molar refractivity (Wildman–Crippen MR) is 81.4 cm³/mol. The summed E-state index contributed by atoms with van der Waals surface area (Å²) < 4.78 is 0. The number of amides is 1. The molecule has 2 aromatic rings. The third-order valence-corrected chi connectivity index (χ3v) is 3.80. The summed E-state index contributed by atoms with van der Waals surface area (Å²) in [6.07, 6.45) is 4.91. The maximum atomic E-state index is 12.7. The summed E-state index contributed by atoms with van der Waals surface area (Å²) in [6.45, 7) is 2.59. The van der Waals surface area contributed by atoms with Gasteiger partial charge in [0, 0.05) is 19.7 Å². The lowest BCUT2D eigenvalue weighted by Gasteiger charge is -2.24. The van der Waals surface area contributed by atoms with Gasteiger partial charge in [0.2, 0.25) is 0 Å². The van der Waals surface area contributed by atoms with E-state index in [9.17, 15) is 4.79 Å². The van der Waals surface area contributed by atoms with E-state index in [-0.39, 0.29) is 11.9 Å². The molecular weight excluding hydrogens is 280 g/mol. The molecule has 0 spiro atoms. The van der Waals surface area contributed by atoms with Crippen molar-refractivity contribution in [2.45, 2.75) is 25.8 Å². The highest BCUT2D eigenvalue weighted by Gasteiger charge is 2.32. The van der Waals surface area contributed by atoms with Gasteiger partial charge in [0.1, 0.15) is 11.6 Å². The zero-order valence-electron chi connectivity index (χ0n) is 12.7. The lowest BCUT2D eigenvalue weighted by Crippen LogP contribution is -2.31. The molecule has 0 radical (unpaired) electrons. The van der Waals surface area contributed by atoms with Crippen LogP contribution in [0.2, 0.25) is 0 Å². The van der Waals surface area contributed by atoms with Gasteiger partial charge in [-0.3, -0.25) is 4.79 Å². The maximum absolute atomic E-state index is 12.7. The van der Waals surface area contributed by atoms with Crippen molar-refractivity contribution in [3.05, 3.63) is 41.6 Å². The van der Waals surface area contributed by atoms with E-state index in [0.29, 0.717) is 11.4 Å². The van der Waals surface area contributed by atoms with Crippen molar-refractivity contribution in [1.82, 2.24) is 25.1 Å². The van der Waals surface area contributed by atoms with Crippen LogP contribution in [0.15, 0.2) is 24.5 Å². The second-order valence-corrected chi connectivity index (χ2v) is 5.26. The second kappa shape index (κ2) is 6.05. The number of carbonyl (C=O) groups is 1. The van der Waals surface area contributed by atoms with Crippen LogP contribution in [0.5, 0.6) is 0 Å². The van der Waals surface area contributed by atoms with Crippen LogP contribution < -0.4 is 5.32 Å². The minimum absolute atomic E-state index is 0.0190. The third-order valence-electron chi connectivity index (χ3n) is 3.80. The Hall–Kier alpha value is -2.57. The molecule has 0 bridgehead atoms. The first-order valence-electron chi connectivity index (χ1n) is 7.30. The minimum atomic E-state index is -0.0281. The molecule has 1 amide bonds. The standard InChI is InChI=1S/C15H18N6O/c1-10-19-12(8-14(16-2)20-10)13-4-3-7-21(13)15(22)11-5-6-17-18-9-11/h5-6,8-9,13H,3-4,7H2,1-2H3,(H,16,19,20). The van der Waals surface area contributed by atoms with Crippen LogP contribution in [0.25, 0.3) is 0 Å². The number of nitrogens with one attached hydrogen (secondary N) is 1. The first-order chi connectivity index (χ1) is 10.7. The Bertz CT molecular complexity index is 675. The highest BCUT2D eigenvalue weighted by atomic mass is 16.2. The molecule has 1 N–H and O–H groups in total. The molecule has 114 valence electrons. The number of aromatic nitrogens is 4. The van der Waals surface area contributed by atoms with Crippen molar-refractivity contribution in [2.75, 3.05) is 18.9 Å². The van der Waals surface area contributed by atoms with Gasteiger partial charge < -0.3 is 10.2 Å². The van der Waals surface area contributed by atoms with Crippen LogP contribution >= 0.6 is 0 Å². The average molecular weight is 298 g/mol. The van der Waals surface area contributed by atoms with Gasteiger partial charge >= 0.3 is 0 Å². The van der Waals surface area contributed by atoms with Crippen molar-refractivity contribution < 1.29 is 4.79 Å². The van der Waals surface area contributed by atoms with Crippen molar-refractivity contribution in [3.63, 3.8) is 0 Å². The molecule has 7 heteroatoms. The van der Waals surface area contributed by atoms with Gasteiger partial charge in [0.15, 0.2) is 0 Å². The molecule has 1 aliphatic rings. The summed E-state index contributed by atoms with van der Waals surface area (Å²) in [6, 6.07) is 3.58. The number of hydrogen-bond donors (Lipinski definition) is 1. The fourth-order valence-corrected chi connectivity index (χ4v) is 2.79. The molecule has 3 rings (SSSR count). The normalized spacial score (nSPS) is 17.5. The SMILES string of the molecule is CNc1cc(C2CCCN2C(=O)c2ccnnc2)nc(C)n1. The molecule has 0 aliphatic carbocycles. The van der Waals surface area contributed by atoms with Crippen LogP contribution in [0, 0.1) is 6.92 Å². The van der Waals surface area contributed by atoms with E-state index in [2.05, 4.69) is 25.5 Å². The Morgan fingerprint density at radius 3 is 2.95 bits per heavy atom. The number of likely N-dealkylation sites (tertiary alicyclic amines) is 1. The van der Waals surface area contributed by atoms with Crippen LogP contribution in [-0.4, -0.2) is 44.6 Å². The fourth-order valence-electron chi connectivity index (χ4n) is 2.79. The molecule has 7 nitrogen and oxygen atoms in total. The van der Waals surface area contributed by atoms with Gasteiger partial charge in [-0.1, -0.05) is 0 Å². The summed E-state index contributed by atoms with van der Waals surface area (Å²) in [4.78, 5) is 23.4. The molecule has 1 unspecified atom stereocenters. The molecular formula is C15H18N6O. The van der Waals surface area contributed by atoms with Crippen LogP contribution in [0.1, 0.15) is 40.8 Å². The van der Waals surface area contributed by atoms with Gasteiger partial charge in [-0.2, -0.15) is 10.2 Å². The number of aryl methyl sites for hydroxylation is 1. The van der Waals surface area contributed by atoms with E-state index in [0.717, 1.165) is 30.9 Å². The van der Waals surface area contributed by atoms with Gasteiger partial charge in [0.25, 0.3) is 5.91 Å². The first kappa shape index (κ1) is 14.4. The smallest absolute Gasteiger partial charge is 0.256 e. The Morgan fingerprint density at radius 2 is 2.23 bits per heavy atom. The van der Waals surface area contributed by atoms with Gasteiger partial charge in [-0.15, -0.1) is 0 Å². The lowest BCUT2D eigenvalue weighted by atomic mass is 10.1. The van der Waals surface area contributed by atoms with Crippen molar-refractivity contribution in [1.29, 1.82) is 0 Å². The molecule has 1 atom stereocenters. The minimum Gasteiger partial charge on any atom is -0.373 e. The predicted octanol–water partition coefficient (Wildman–Crippen LogP) is 1.59. The van der Waals surface area contributed by atoms with E-state index in [1.807, 2.05) is 24.9 Å². The number of nitrogens with zero attached hydrogens (tertiary/aromatic N) is 5. The highest BCUT2D eigenvalue weighted by Crippen LogP contribution is 2.32. The van der Waals surface area contributed by atoms with Gasteiger partial charge in [0.05, 0.1) is 29.7 Å². The quantitative estimate of drug-likeness (QED) is 0.926. The Balaban J connectivity index is 1.90. The number of rotatable bonds is 3. The fraction of sp³-hybridized carbons (Fsp3) is 0.400. The molecule has 22 heavy (non-hydrogen) atoms. The molecule has 0 saturated carbocycles. The topological polar surface area (TPSA) is 83.9 Å². The Morgan fingerprint density at radius 1 is 1.36 bits per heavy atom. The second-order valence-electron chi connectivity index (χ2n) is 5.26. The zero-order chi connectivity index (χ0) is 15.5. The van der Waals surface area contributed by atoms with E-state index >= 15 is 0 Å². The molecule has 1 saturated heterocycles. The average Bonchev–Trinajstić information content (AvgIpc) is 3.04. The molecule has 2 aromatic heterocycles. The van der Waals surface area contributed by atoms with Gasteiger partial charge in [-0.05, 0) is 25.8 Å². The van der Waals surface area contributed by atoms with E-state index < -0.39 is 0 Å². The van der Waals surface area contributed by atoms with Gasteiger partial charge in [-0.25, -0.2) is 9.97 Å². The first-order valence-corrected chi connectivity index (χ1v) is 7.30. The van der Waals surface area contributed by atoms with E-state index in [1.165, 1.54) is 12.4 Å². The van der Waals surface area contributed by atoms with Crippen LogP contribution in [0.4, 0.5) is 5.82 Å². The molecule has 3 heterocycles.